The highest BCUT2D eigenvalue weighted by atomic mass is 19.1. The van der Waals surface area contributed by atoms with Crippen LogP contribution in [0.5, 0.6) is 0 Å². The van der Waals surface area contributed by atoms with E-state index in [0.717, 1.165) is 23.5 Å². The summed E-state index contributed by atoms with van der Waals surface area (Å²) in [7, 11) is 0. The van der Waals surface area contributed by atoms with Gasteiger partial charge in [-0.15, -0.1) is 0 Å². The number of nitrogens with one attached hydrogen (secondary N) is 2. The predicted octanol–water partition coefficient (Wildman–Crippen LogP) is 4.10. The van der Waals surface area contributed by atoms with E-state index in [2.05, 4.69) is 34.6 Å². The van der Waals surface area contributed by atoms with Crippen molar-refractivity contribution < 1.29 is 9.18 Å². The maximum absolute atomic E-state index is 13.2. The lowest BCUT2D eigenvalue weighted by Gasteiger charge is -2.12. The fourth-order valence-corrected chi connectivity index (χ4v) is 3.23. The first-order chi connectivity index (χ1) is 14.5. The number of aryl methyl sites for hydroxylation is 2. The van der Waals surface area contributed by atoms with Gasteiger partial charge in [0.15, 0.2) is 0 Å². The Hall–Kier alpha value is -3.48. The van der Waals surface area contributed by atoms with Crippen molar-refractivity contribution in [2.45, 2.75) is 33.7 Å². The van der Waals surface area contributed by atoms with E-state index in [1.54, 1.807) is 36.4 Å². The Balaban J connectivity index is 1.76. The number of anilines is 1. The fourth-order valence-electron chi connectivity index (χ4n) is 3.23. The summed E-state index contributed by atoms with van der Waals surface area (Å²) in [5.41, 5.74) is 4.45. The Morgan fingerprint density at radius 1 is 1.10 bits per heavy atom. The molecule has 0 unspecified atom stereocenters. The van der Waals surface area contributed by atoms with Gasteiger partial charge >= 0.3 is 0 Å². The lowest BCUT2D eigenvalue weighted by molar-refractivity contribution is 0.0977. The molecule has 0 atom stereocenters. The van der Waals surface area contributed by atoms with Gasteiger partial charge in [0, 0.05) is 30.0 Å². The summed E-state index contributed by atoms with van der Waals surface area (Å²) in [6.07, 6.45) is 0.702. The van der Waals surface area contributed by atoms with Crippen molar-refractivity contribution in [1.29, 1.82) is 0 Å². The van der Waals surface area contributed by atoms with Gasteiger partial charge in [-0.25, -0.2) is 4.39 Å². The second-order valence-electron chi connectivity index (χ2n) is 6.90. The van der Waals surface area contributed by atoms with Crippen LogP contribution < -0.4 is 10.6 Å². The van der Waals surface area contributed by atoms with E-state index in [4.69, 9.17) is 0 Å². The van der Waals surface area contributed by atoms with Crippen LogP contribution in [0.15, 0.2) is 59.6 Å². The third kappa shape index (κ3) is 5.31. The first-order valence-corrected chi connectivity index (χ1v) is 9.94. The smallest absolute Gasteiger partial charge is 0.257 e. The summed E-state index contributed by atoms with van der Waals surface area (Å²) >= 11 is 0. The van der Waals surface area contributed by atoms with E-state index < -0.39 is 0 Å². The van der Waals surface area contributed by atoms with Gasteiger partial charge in [0.25, 0.3) is 5.91 Å². The number of carbonyl (C=O) groups excluding carboxylic acids is 1. The summed E-state index contributed by atoms with van der Waals surface area (Å²) in [5, 5.41) is 10.4. The highest BCUT2D eigenvalue weighted by Gasteiger charge is 2.12. The van der Waals surface area contributed by atoms with E-state index in [1.165, 1.54) is 12.1 Å². The molecule has 1 heterocycles. The molecule has 2 aromatic carbocycles. The molecule has 6 nitrogen and oxygen atoms in total. The number of aliphatic imine (C=N–C) groups is 1. The molecule has 7 heteroatoms. The third-order valence-electron chi connectivity index (χ3n) is 4.84. The number of amides is 1. The maximum Gasteiger partial charge on any atom is 0.257 e. The topological polar surface area (TPSA) is 71.3 Å². The lowest BCUT2D eigenvalue weighted by Crippen LogP contribution is -2.36. The van der Waals surface area contributed by atoms with Crippen LogP contribution in [0.1, 0.15) is 34.2 Å². The Labute approximate surface area is 175 Å². The maximum atomic E-state index is 13.2. The number of halogens is 1. The van der Waals surface area contributed by atoms with Gasteiger partial charge in [-0.05, 0) is 69.2 Å². The van der Waals surface area contributed by atoms with E-state index in [0.29, 0.717) is 30.2 Å². The quantitative estimate of drug-likeness (QED) is 0.477. The zero-order chi connectivity index (χ0) is 21.5. The number of carbonyl (C=O) groups is 1. The Kier molecular flexibility index (Phi) is 6.95. The number of benzene rings is 2. The normalized spacial score (nSPS) is 11.4. The second-order valence-corrected chi connectivity index (χ2v) is 6.90. The largest absolute Gasteiger partial charge is 0.326 e. The van der Waals surface area contributed by atoms with Gasteiger partial charge in [-0.3, -0.25) is 19.8 Å². The number of guanidine groups is 1. The molecule has 1 aromatic heterocycles. The van der Waals surface area contributed by atoms with Crippen LogP contribution in [0.4, 0.5) is 10.1 Å². The highest BCUT2D eigenvalue weighted by Crippen LogP contribution is 2.14. The number of rotatable bonds is 6. The van der Waals surface area contributed by atoms with Gasteiger partial charge in [-0.2, -0.15) is 5.10 Å². The minimum atomic E-state index is -0.328. The van der Waals surface area contributed by atoms with Gasteiger partial charge in [-0.1, -0.05) is 18.2 Å². The molecule has 3 aromatic rings. The molecule has 0 saturated carbocycles. The summed E-state index contributed by atoms with van der Waals surface area (Å²) in [5.74, 6) is -0.282. The summed E-state index contributed by atoms with van der Waals surface area (Å²) < 4.78 is 15.2. The molecule has 0 aliphatic rings. The molecule has 0 aliphatic carbocycles. The SMILES string of the molecule is CCn1nc(C)c(CCN=C(NC(=O)c2ccccc2)Nc2ccc(F)cc2)c1C. The minimum absolute atomic E-state index is 0.268. The average Bonchev–Trinajstić information content (AvgIpc) is 3.03. The van der Waals surface area contributed by atoms with Crippen molar-refractivity contribution >= 4 is 17.6 Å². The Morgan fingerprint density at radius 3 is 2.43 bits per heavy atom. The van der Waals surface area contributed by atoms with Crippen LogP contribution in [0, 0.1) is 19.7 Å². The Bertz CT molecular complexity index is 1030. The van der Waals surface area contributed by atoms with Crippen molar-refractivity contribution in [3.05, 3.63) is 82.9 Å². The molecular formula is C23H26FN5O. The molecule has 0 spiro atoms. The number of aromatic nitrogens is 2. The molecule has 30 heavy (non-hydrogen) atoms. The zero-order valence-electron chi connectivity index (χ0n) is 17.4. The minimum Gasteiger partial charge on any atom is -0.326 e. The predicted molar refractivity (Wildman–Crippen MR) is 117 cm³/mol. The average molecular weight is 407 g/mol. The molecule has 0 fully saturated rings. The van der Waals surface area contributed by atoms with E-state index in [1.807, 2.05) is 17.7 Å². The number of nitrogens with zero attached hydrogens (tertiary/aromatic N) is 3. The summed E-state index contributed by atoms with van der Waals surface area (Å²) in [6.45, 7) is 7.39. The molecule has 0 radical (unpaired) electrons. The highest BCUT2D eigenvalue weighted by molar-refractivity contribution is 6.09. The van der Waals surface area contributed by atoms with Crippen LogP contribution in [-0.4, -0.2) is 28.2 Å². The summed E-state index contributed by atoms with van der Waals surface area (Å²) in [6, 6.07) is 14.8. The standard InChI is InChI=1S/C23H26FN5O/c1-4-29-17(3)21(16(2)28-29)14-15-25-23(26-20-12-10-19(24)11-13-20)27-22(30)18-8-6-5-7-9-18/h5-13H,4,14-15H2,1-3H3,(H2,25,26,27,30). The molecule has 156 valence electrons. The fraction of sp³-hybridized carbons (Fsp3) is 0.261. The molecular weight excluding hydrogens is 381 g/mol. The van der Waals surface area contributed by atoms with E-state index in [-0.39, 0.29) is 11.7 Å². The third-order valence-corrected chi connectivity index (χ3v) is 4.84. The molecule has 3 rings (SSSR count). The zero-order valence-corrected chi connectivity index (χ0v) is 17.4. The number of hydrogen-bond donors (Lipinski definition) is 2. The van der Waals surface area contributed by atoms with Gasteiger partial charge < -0.3 is 5.32 Å². The number of hydrogen-bond acceptors (Lipinski definition) is 3. The van der Waals surface area contributed by atoms with Crippen LogP contribution in [0.2, 0.25) is 0 Å². The second kappa shape index (κ2) is 9.82. The van der Waals surface area contributed by atoms with Crippen molar-refractivity contribution in [1.82, 2.24) is 15.1 Å². The lowest BCUT2D eigenvalue weighted by atomic mass is 10.1. The van der Waals surface area contributed by atoms with Crippen LogP contribution in [0.3, 0.4) is 0 Å². The Morgan fingerprint density at radius 2 is 1.80 bits per heavy atom. The molecule has 0 saturated heterocycles. The molecule has 1 amide bonds. The van der Waals surface area contributed by atoms with Crippen LogP contribution in [0.25, 0.3) is 0 Å². The van der Waals surface area contributed by atoms with Crippen molar-refractivity contribution in [3.63, 3.8) is 0 Å². The van der Waals surface area contributed by atoms with Gasteiger partial charge in [0.2, 0.25) is 5.96 Å². The van der Waals surface area contributed by atoms with Crippen molar-refractivity contribution in [2.24, 2.45) is 4.99 Å². The monoisotopic (exact) mass is 407 g/mol. The molecule has 2 N–H and O–H groups in total. The van der Waals surface area contributed by atoms with E-state index >= 15 is 0 Å². The first-order valence-electron chi connectivity index (χ1n) is 9.94. The van der Waals surface area contributed by atoms with Gasteiger partial charge in [0.05, 0.1) is 5.69 Å². The first kappa shape index (κ1) is 21.2. The van der Waals surface area contributed by atoms with Gasteiger partial charge in [0.1, 0.15) is 5.82 Å². The molecule has 0 aliphatic heterocycles. The van der Waals surface area contributed by atoms with Crippen molar-refractivity contribution in [3.8, 4) is 0 Å². The van der Waals surface area contributed by atoms with Crippen LogP contribution >= 0.6 is 0 Å². The van der Waals surface area contributed by atoms with Crippen molar-refractivity contribution in [2.75, 3.05) is 11.9 Å². The van der Waals surface area contributed by atoms with E-state index in [9.17, 15) is 9.18 Å². The van der Waals surface area contributed by atoms with Crippen LogP contribution in [-0.2, 0) is 13.0 Å². The summed E-state index contributed by atoms with van der Waals surface area (Å²) in [4.78, 5) is 17.1. The molecule has 0 bridgehead atoms.